The van der Waals surface area contributed by atoms with Crippen LogP contribution in [0.5, 0.6) is 5.75 Å². The lowest BCUT2D eigenvalue weighted by Crippen LogP contribution is -2.75. The molecule has 23 heavy (non-hydrogen) atoms. The molecule has 128 valence electrons. The van der Waals surface area contributed by atoms with E-state index >= 15 is 0 Å². The largest absolute Gasteiger partial charge is 0.494 e. The molecule has 2 atom stereocenters. The lowest BCUT2D eigenvalue weighted by molar-refractivity contribution is -0.170. The van der Waals surface area contributed by atoms with Crippen LogP contribution in [-0.4, -0.2) is 30.8 Å². The van der Waals surface area contributed by atoms with Gasteiger partial charge in [0.25, 0.3) is 0 Å². The molecule has 3 N–H and O–H groups in total. The van der Waals surface area contributed by atoms with E-state index in [2.05, 4.69) is 5.32 Å². The van der Waals surface area contributed by atoms with Gasteiger partial charge in [-0.05, 0) is 31.5 Å². The van der Waals surface area contributed by atoms with Crippen LogP contribution in [0, 0.1) is 5.41 Å². The summed E-state index contributed by atoms with van der Waals surface area (Å²) in [4.78, 5) is 12.6. The van der Waals surface area contributed by atoms with Gasteiger partial charge in [-0.25, -0.2) is 0 Å². The monoisotopic (exact) mass is 320 g/mol. The predicted molar refractivity (Wildman–Crippen MR) is 90.2 cm³/mol. The molecular formula is C18H28N2O3. The highest BCUT2D eigenvalue weighted by molar-refractivity contribution is 5.88. The summed E-state index contributed by atoms with van der Waals surface area (Å²) in [5.41, 5.74) is 6.10. The Bertz CT molecular complexity index is 559. The zero-order valence-corrected chi connectivity index (χ0v) is 14.5. The molecule has 0 spiro atoms. The van der Waals surface area contributed by atoms with E-state index < -0.39 is 5.54 Å². The minimum absolute atomic E-state index is 0.0320. The maximum absolute atomic E-state index is 12.6. The zero-order chi connectivity index (χ0) is 17.1. The van der Waals surface area contributed by atoms with Gasteiger partial charge in [0.05, 0.1) is 12.7 Å². The molecule has 2 unspecified atom stereocenters. The fourth-order valence-corrected chi connectivity index (χ4v) is 3.07. The fourth-order valence-electron chi connectivity index (χ4n) is 3.07. The van der Waals surface area contributed by atoms with Crippen LogP contribution < -0.4 is 15.8 Å². The highest BCUT2D eigenvalue weighted by atomic mass is 16.5. The number of carbonyl (C=O) groups is 1. The SMILES string of the molecule is CCOc1cccc(CNC(=O)C2(N)CC(OCC)C2(C)C)c1. The molecule has 0 heterocycles. The van der Waals surface area contributed by atoms with Crippen molar-refractivity contribution in [2.24, 2.45) is 11.1 Å². The van der Waals surface area contributed by atoms with Crippen LogP contribution in [-0.2, 0) is 16.1 Å². The highest BCUT2D eigenvalue weighted by Crippen LogP contribution is 2.49. The summed E-state index contributed by atoms with van der Waals surface area (Å²) in [6.07, 6.45) is 0.586. The number of ether oxygens (including phenoxy) is 2. The van der Waals surface area contributed by atoms with Crippen LogP contribution >= 0.6 is 0 Å². The summed E-state index contributed by atoms with van der Waals surface area (Å²) in [7, 11) is 0. The average Bonchev–Trinajstić information content (AvgIpc) is 2.53. The molecular weight excluding hydrogens is 292 g/mol. The van der Waals surface area contributed by atoms with Gasteiger partial charge in [0.1, 0.15) is 11.3 Å². The van der Waals surface area contributed by atoms with Crippen molar-refractivity contribution in [1.82, 2.24) is 5.32 Å². The first-order valence-electron chi connectivity index (χ1n) is 8.25. The summed E-state index contributed by atoms with van der Waals surface area (Å²) < 4.78 is 11.1. The molecule has 1 saturated carbocycles. The smallest absolute Gasteiger partial charge is 0.241 e. The van der Waals surface area contributed by atoms with E-state index in [1.807, 2.05) is 52.0 Å². The van der Waals surface area contributed by atoms with Crippen LogP contribution in [0.2, 0.25) is 0 Å². The molecule has 0 bridgehead atoms. The third-order valence-electron chi connectivity index (χ3n) is 4.90. The number of hydrogen-bond donors (Lipinski definition) is 2. The number of nitrogens with two attached hydrogens (primary N) is 1. The van der Waals surface area contributed by atoms with Crippen molar-refractivity contribution in [3.05, 3.63) is 29.8 Å². The fraction of sp³-hybridized carbons (Fsp3) is 0.611. The van der Waals surface area contributed by atoms with Gasteiger partial charge in [0, 0.05) is 25.0 Å². The molecule has 5 nitrogen and oxygen atoms in total. The minimum Gasteiger partial charge on any atom is -0.494 e. The average molecular weight is 320 g/mol. The lowest BCUT2D eigenvalue weighted by atomic mass is 9.54. The number of nitrogens with one attached hydrogen (secondary N) is 1. The number of benzene rings is 1. The molecule has 0 aromatic heterocycles. The number of hydrogen-bond acceptors (Lipinski definition) is 4. The second kappa shape index (κ2) is 6.89. The van der Waals surface area contributed by atoms with E-state index in [0.29, 0.717) is 26.2 Å². The Kier molecular flexibility index (Phi) is 5.32. The summed E-state index contributed by atoms with van der Waals surface area (Å²) >= 11 is 0. The quantitative estimate of drug-likeness (QED) is 0.808. The van der Waals surface area contributed by atoms with Crippen molar-refractivity contribution in [3.8, 4) is 5.75 Å². The standard InChI is InChI=1S/C18H28N2O3/c1-5-22-14-9-7-8-13(10-14)12-20-16(21)18(19)11-15(23-6-2)17(18,3)4/h7-10,15H,5-6,11-12,19H2,1-4H3,(H,20,21). The molecule has 1 aliphatic rings. The van der Waals surface area contributed by atoms with E-state index in [4.69, 9.17) is 15.2 Å². The minimum atomic E-state index is -0.885. The third-order valence-corrected chi connectivity index (χ3v) is 4.90. The van der Waals surface area contributed by atoms with E-state index in [-0.39, 0.29) is 17.4 Å². The van der Waals surface area contributed by atoms with Crippen molar-refractivity contribution in [2.45, 2.75) is 52.3 Å². The van der Waals surface area contributed by atoms with Gasteiger partial charge in [0.2, 0.25) is 5.91 Å². The Morgan fingerprint density at radius 1 is 1.35 bits per heavy atom. The van der Waals surface area contributed by atoms with Gasteiger partial charge in [-0.15, -0.1) is 0 Å². The van der Waals surface area contributed by atoms with Crippen molar-refractivity contribution in [1.29, 1.82) is 0 Å². The van der Waals surface area contributed by atoms with E-state index in [9.17, 15) is 4.79 Å². The maximum atomic E-state index is 12.6. The highest BCUT2D eigenvalue weighted by Gasteiger charge is 2.62. The second-order valence-corrected chi connectivity index (χ2v) is 6.60. The van der Waals surface area contributed by atoms with Gasteiger partial charge in [-0.2, -0.15) is 0 Å². The van der Waals surface area contributed by atoms with Crippen LogP contribution in [0.3, 0.4) is 0 Å². The second-order valence-electron chi connectivity index (χ2n) is 6.60. The summed E-state index contributed by atoms with van der Waals surface area (Å²) in [5, 5.41) is 2.95. The molecule has 1 fully saturated rings. The predicted octanol–water partition coefficient (Wildman–Crippen LogP) is 2.23. The molecule has 0 radical (unpaired) electrons. The third kappa shape index (κ3) is 3.35. The van der Waals surface area contributed by atoms with Crippen molar-refractivity contribution in [2.75, 3.05) is 13.2 Å². The molecule has 0 saturated heterocycles. The van der Waals surface area contributed by atoms with E-state index in [1.165, 1.54) is 0 Å². The van der Waals surface area contributed by atoms with Crippen molar-refractivity contribution < 1.29 is 14.3 Å². The summed E-state index contributed by atoms with van der Waals surface area (Å²) in [5.74, 6) is 0.683. The first kappa shape index (κ1) is 17.8. The molecule has 1 aromatic rings. The van der Waals surface area contributed by atoms with Gasteiger partial charge >= 0.3 is 0 Å². The van der Waals surface area contributed by atoms with Crippen molar-refractivity contribution >= 4 is 5.91 Å². The normalized spacial score (nSPS) is 25.5. The molecule has 5 heteroatoms. The van der Waals surface area contributed by atoms with E-state index in [0.717, 1.165) is 11.3 Å². The topological polar surface area (TPSA) is 73.6 Å². The number of rotatable bonds is 7. The molecule has 1 aromatic carbocycles. The van der Waals surface area contributed by atoms with Crippen molar-refractivity contribution in [3.63, 3.8) is 0 Å². The van der Waals surface area contributed by atoms with Crippen LogP contribution in [0.1, 0.15) is 39.7 Å². The van der Waals surface area contributed by atoms with Crippen LogP contribution in [0.25, 0.3) is 0 Å². The lowest BCUT2D eigenvalue weighted by Gasteiger charge is -2.57. The Morgan fingerprint density at radius 3 is 2.70 bits per heavy atom. The Hall–Kier alpha value is -1.59. The first-order valence-corrected chi connectivity index (χ1v) is 8.25. The molecule has 1 aliphatic carbocycles. The number of carbonyl (C=O) groups excluding carboxylic acids is 1. The van der Waals surface area contributed by atoms with Gasteiger partial charge in [0.15, 0.2) is 0 Å². The Morgan fingerprint density at radius 2 is 2.09 bits per heavy atom. The zero-order valence-electron chi connectivity index (χ0n) is 14.5. The van der Waals surface area contributed by atoms with E-state index in [1.54, 1.807) is 0 Å². The van der Waals surface area contributed by atoms with Gasteiger partial charge in [-0.1, -0.05) is 26.0 Å². The molecule has 2 rings (SSSR count). The molecule has 0 aliphatic heterocycles. The van der Waals surface area contributed by atoms with Crippen LogP contribution in [0.15, 0.2) is 24.3 Å². The Balaban J connectivity index is 1.96. The van der Waals surface area contributed by atoms with Gasteiger partial charge < -0.3 is 20.5 Å². The summed E-state index contributed by atoms with van der Waals surface area (Å²) in [6, 6.07) is 7.72. The maximum Gasteiger partial charge on any atom is 0.241 e. The number of amides is 1. The first-order chi connectivity index (χ1) is 10.8. The Labute approximate surface area is 138 Å². The van der Waals surface area contributed by atoms with Gasteiger partial charge in [-0.3, -0.25) is 4.79 Å². The summed E-state index contributed by atoms with van der Waals surface area (Å²) in [6.45, 7) is 9.58. The molecule has 1 amide bonds. The van der Waals surface area contributed by atoms with Crippen LogP contribution in [0.4, 0.5) is 0 Å².